The largest absolute Gasteiger partial charge is 0.497 e. The molecule has 4 rings (SSSR count). The van der Waals surface area contributed by atoms with Crippen molar-refractivity contribution >= 4 is 17.5 Å². The van der Waals surface area contributed by atoms with Crippen molar-refractivity contribution in [2.45, 2.75) is 24.8 Å². The van der Waals surface area contributed by atoms with Gasteiger partial charge < -0.3 is 14.4 Å². The summed E-state index contributed by atoms with van der Waals surface area (Å²) in [6, 6.07) is 13.6. The first-order chi connectivity index (χ1) is 14.1. The summed E-state index contributed by atoms with van der Waals surface area (Å²) < 4.78 is 10.9. The molecule has 0 unspecified atom stereocenters. The van der Waals surface area contributed by atoms with Gasteiger partial charge in [0.15, 0.2) is 0 Å². The molecule has 2 aliphatic rings. The van der Waals surface area contributed by atoms with Gasteiger partial charge in [0.1, 0.15) is 11.5 Å². The number of rotatable bonds is 6. The molecule has 29 heavy (non-hydrogen) atoms. The van der Waals surface area contributed by atoms with Crippen molar-refractivity contribution in [1.82, 2.24) is 9.80 Å². The minimum absolute atomic E-state index is 0.248. The number of amides is 1. The average Bonchev–Trinajstić information content (AvgIpc) is 3.56. The van der Waals surface area contributed by atoms with Crippen LogP contribution in [0, 0.1) is 0 Å². The first-order valence-corrected chi connectivity index (χ1v) is 10.4. The molecule has 154 valence electrons. The molecule has 0 N–H and O–H groups in total. The van der Waals surface area contributed by atoms with E-state index in [0.29, 0.717) is 5.02 Å². The molecule has 1 aliphatic heterocycles. The molecule has 1 aliphatic carbocycles. The van der Waals surface area contributed by atoms with Crippen molar-refractivity contribution in [3.63, 3.8) is 0 Å². The van der Waals surface area contributed by atoms with Crippen LogP contribution in [0.2, 0.25) is 5.02 Å². The van der Waals surface area contributed by atoms with Crippen LogP contribution in [-0.4, -0.2) is 56.1 Å². The summed E-state index contributed by atoms with van der Waals surface area (Å²) in [5.74, 6) is 1.94. The number of carbonyl (C=O) groups excluding carboxylic acids is 1. The zero-order valence-electron chi connectivity index (χ0n) is 17.0. The summed E-state index contributed by atoms with van der Waals surface area (Å²) in [5.41, 5.74) is 1.80. The van der Waals surface area contributed by atoms with Crippen LogP contribution in [-0.2, 0) is 16.8 Å². The highest BCUT2D eigenvalue weighted by molar-refractivity contribution is 6.30. The van der Waals surface area contributed by atoms with Gasteiger partial charge in [-0.3, -0.25) is 9.69 Å². The van der Waals surface area contributed by atoms with Crippen molar-refractivity contribution in [1.29, 1.82) is 0 Å². The minimum atomic E-state index is -0.358. The van der Waals surface area contributed by atoms with Crippen LogP contribution in [0.15, 0.2) is 42.5 Å². The molecule has 1 saturated heterocycles. The van der Waals surface area contributed by atoms with E-state index < -0.39 is 0 Å². The van der Waals surface area contributed by atoms with E-state index in [4.69, 9.17) is 21.1 Å². The zero-order valence-corrected chi connectivity index (χ0v) is 17.7. The van der Waals surface area contributed by atoms with E-state index in [0.717, 1.165) is 68.2 Å². The Bertz CT molecular complexity index is 889. The number of halogens is 1. The Kier molecular flexibility index (Phi) is 5.70. The topological polar surface area (TPSA) is 42.0 Å². The molecule has 0 aromatic heterocycles. The van der Waals surface area contributed by atoms with Gasteiger partial charge in [-0.15, -0.1) is 0 Å². The van der Waals surface area contributed by atoms with Gasteiger partial charge in [-0.2, -0.15) is 0 Å². The highest BCUT2D eigenvalue weighted by Crippen LogP contribution is 2.50. The van der Waals surface area contributed by atoms with Crippen molar-refractivity contribution in [2.75, 3.05) is 40.4 Å². The number of nitrogens with zero attached hydrogens (tertiary/aromatic N) is 2. The SMILES string of the molecule is COc1ccc(OC)c(CN2CCN(C(=O)C3(c4cccc(Cl)c4)CC3)CC2)c1. The van der Waals surface area contributed by atoms with Crippen molar-refractivity contribution in [2.24, 2.45) is 0 Å². The Hall–Kier alpha value is -2.24. The van der Waals surface area contributed by atoms with Gasteiger partial charge in [-0.25, -0.2) is 0 Å². The first-order valence-electron chi connectivity index (χ1n) is 10.0. The number of benzene rings is 2. The summed E-state index contributed by atoms with van der Waals surface area (Å²) in [4.78, 5) is 17.7. The summed E-state index contributed by atoms with van der Waals surface area (Å²) in [6.45, 7) is 3.96. The van der Waals surface area contributed by atoms with Crippen molar-refractivity contribution in [3.05, 3.63) is 58.6 Å². The fourth-order valence-corrected chi connectivity index (χ4v) is 4.39. The summed E-state index contributed by atoms with van der Waals surface area (Å²) in [7, 11) is 3.36. The van der Waals surface area contributed by atoms with Crippen LogP contribution < -0.4 is 9.47 Å². The highest BCUT2D eigenvalue weighted by Gasteiger charge is 2.53. The second-order valence-corrected chi connectivity index (χ2v) is 8.28. The maximum atomic E-state index is 13.3. The third-order valence-corrected chi connectivity index (χ3v) is 6.31. The molecule has 1 saturated carbocycles. The van der Waals surface area contributed by atoms with Crippen LogP contribution >= 0.6 is 11.6 Å². The molecule has 1 heterocycles. The third-order valence-electron chi connectivity index (χ3n) is 6.08. The van der Waals surface area contributed by atoms with Crippen LogP contribution in [0.5, 0.6) is 11.5 Å². The average molecular weight is 415 g/mol. The van der Waals surface area contributed by atoms with Gasteiger partial charge in [-0.1, -0.05) is 23.7 Å². The van der Waals surface area contributed by atoms with Crippen LogP contribution in [0.25, 0.3) is 0 Å². The van der Waals surface area contributed by atoms with Gasteiger partial charge in [-0.05, 0) is 48.7 Å². The molecule has 2 aromatic carbocycles. The maximum Gasteiger partial charge on any atom is 0.233 e. The molecule has 5 nitrogen and oxygen atoms in total. The molecule has 0 atom stereocenters. The predicted molar refractivity (Wildman–Crippen MR) is 114 cm³/mol. The van der Waals surface area contributed by atoms with Gasteiger partial charge in [0.2, 0.25) is 5.91 Å². The van der Waals surface area contributed by atoms with Crippen LogP contribution in [0.4, 0.5) is 0 Å². The molecular weight excluding hydrogens is 388 g/mol. The van der Waals surface area contributed by atoms with E-state index in [2.05, 4.69) is 4.90 Å². The van der Waals surface area contributed by atoms with Crippen LogP contribution in [0.1, 0.15) is 24.0 Å². The van der Waals surface area contributed by atoms with Gasteiger partial charge in [0.25, 0.3) is 0 Å². The van der Waals surface area contributed by atoms with Gasteiger partial charge in [0, 0.05) is 43.3 Å². The fraction of sp³-hybridized carbons (Fsp3) is 0.435. The van der Waals surface area contributed by atoms with Gasteiger partial charge >= 0.3 is 0 Å². The normalized spacial score (nSPS) is 18.4. The molecule has 1 amide bonds. The number of hydrogen-bond acceptors (Lipinski definition) is 4. The number of ether oxygens (including phenoxy) is 2. The zero-order chi connectivity index (χ0) is 20.4. The Morgan fingerprint density at radius 1 is 1.03 bits per heavy atom. The van der Waals surface area contributed by atoms with E-state index in [1.807, 2.05) is 47.4 Å². The number of hydrogen-bond donors (Lipinski definition) is 0. The van der Waals surface area contributed by atoms with E-state index in [-0.39, 0.29) is 11.3 Å². The summed E-state index contributed by atoms with van der Waals surface area (Å²) >= 11 is 6.16. The number of methoxy groups -OCH3 is 2. The van der Waals surface area contributed by atoms with E-state index in [9.17, 15) is 4.79 Å². The summed E-state index contributed by atoms with van der Waals surface area (Å²) in [6.07, 6.45) is 1.82. The second-order valence-electron chi connectivity index (χ2n) is 7.84. The summed E-state index contributed by atoms with van der Waals surface area (Å²) in [5, 5.41) is 0.693. The van der Waals surface area contributed by atoms with E-state index in [1.54, 1.807) is 14.2 Å². The maximum absolute atomic E-state index is 13.3. The Balaban J connectivity index is 1.39. The van der Waals surface area contributed by atoms with E-state index >= 15 is 0 Å². The molecule has 0 spiro atoms. The first kappa shape index (κ1) is 20.0. The van der Waals surface area contributed by atoms with Crippen molar-refractivity contribution < 1.29 is 14.3 Å². The Morgan fingerprint density at radius 3 is 2.41 bits per heavy atom. The van der Waals surface area contributed by atoms with Crippen molar-refractivity contribution in [3.8, 4) is 11.5 Å². The lowest BCUT2D eigenvalue weighted by molar-refractivity contribution is -0.135. The Labute approximate surface area is 177 Å². The second kappa shape index (κ2) is 8.25. The quantitative estimate of drug-likeness (QED) is 0.722. The third kappa shape index (κ3) is 4.07. The number of carbonyl (C=O) groups is 1. The standard InChI is InChI=1S/C23H27ClN2O3/c1-28-20-6-7-21(29-2)17(14-20)16-25-10-12-26(13-11-25)22(27)23(8-9-23)18-4-3-5-19(24)15-18/h3-7,14-15H,8-13,16H2,1-2H3. The molecule has 6 heteroatoms. The lowest BCUT2D eigenvalue weighted by atomic mass is 9.94. The molecule has 2 aromatic rings. The van der Waals surface area contributed by atoms with E-state index in [1.165, 1.54) is 0 Å². The fourth-order valence-electron chi connectivity index (χ4n) is 4.20. The molecule has 2 fully saturated rings. The highest BCUT2D eigenvalue weighted by atomic mass is 35.5. The van der Waals surface area contributed by atoms with Gasteiger partial charge in [0.05, 0.1) is 19.6 Å². The van der Waals surface area contributed by atoms with Crippen LogP contribution in [0.3, 0.4) is 0 Å². The lowest BCUT2D eigenvalue weighted by Crippen LogP contribution is -2.51. The smallest absolute Gasteiger partial charge is 0.233 e. The number of piperazine rings is 1. The monoisotopic (exact) mass is 414 g/mol. The molecular formula is C23H27ClN2O3. The Morgan fingerprint density at radius 2 is 1.79 bits per heavy atom. The molecule has 0 bridgehead atoms. The lowest BCUT2D eigenvalue weighted by Gasteiger charge is -2.37. The predicted octanol–water partition coefficient (Wildman–Crippen LogP) is 3.73. The molecule has 0 radical (unpaired) electrons. The minimum Gasteiger partial charge on any atom is -0.497 e.